The third kappa shape index (κ3) is 3.34. The Bertz CT molecular complexity index is 273. The Morgan fingerprint density at radius 3 is 2.69 bits per heavy atom. The molecule has 1 saturated heterocycles. The van der Waals surface area contributed by atoms with Crippen LogP contribution in [0.2, 0.25) is 0 Å². The summed E-state index contributed by atoms with van der Waals surface area (Å²) in [6.45, 7) is 1.25. The van der Waals surface area contributed by atoms with Gasteiger partial charge in [0.2, 0.25) is 0 Å². The first-order valence-electron chi connectivity index (χ1n) is 4.93. The minimum Gasteiger partial charge on any atom is -0.465 e. The van der Waals surface area contributed by atoms with Gasteiger partial charge in [-0.25, -0.2) is 14.0 Å². The molecule has 0 aromatic carbocycles. The molecule has 1 aliphatic rings. The SMILES string of the molecule is CCOC(=O)COC1CN(C(=O)O)CC1F. The van der Waals surface area contributed by atoms with Gasteiger partial charge in [0.15, 0.2) is 0 Å². The standard InChI is InChI=1S/C9H14FNO5/c1-2-15-8(12)5-16-7-4-11(9(13)14)3-6(7)10/h6-7H,2-5H2,1H3,(H,13,14). The van der Waals surface area contributed by atoms with Crippen molar-refractivity contribution in [3.05, 3.63) is 0 Å². The van der Waals surface area contributed by atoms with Crippen LogP contribution in [0.15, 0.2) is 0 Å². The second kappa shape index (κ2) is 5.64. The lowest BCUT2D eigenvalue weighted by atomic mass is 10.3. The van der Waals surface area contributed by atoms with Gasteiger partial charge in [0, 0.05) is 0 Å². The molecule has 1 aliphatic heterocycles. The maximum absolute atomic E-state index is 13.3. The number of hydrogen-bond donors (Lipinski definition) is 1. The molecule has 7 heteroatoms. The molecular formula is C9H14FNO5. The Kier molecular flexibility index (Phi) is 4.48. The molecular weight excluding hydrogens is 221 g/mol. The Morgan fingerprint density at radius 1 is 1.50 bits per heavy atom. The van der Waals surface area contributed by atoms with E-state index in [2.05, 4.69) is 4.74 Å². The van der Waals surface area contributed by atoms with Crippen molar-refractivity contribution in [2.45, 2.75) is 19.2 Å². The summed E-state index contributed by atoms with van der Waals surface area (Å²) < 4.78 is 22.8. The van der Waals surface area contributed by atoms with Crippen molar-refractivity contribution >= 4 is 12.1 Å². The molecule has 0 aliphatic carbocycles. The van der Waals surface area contributed by atoms with Gasteiger partial charge in [-0.3, -0.25) is 0 Å². The first kappa shape index (κ1) is 12.7. The number of carboxylic acid groups (broad SMARTS) is 1. The number of rotatable bonds is 4. The van der Waals surface area contributed by atoms with E-state index in [0.29, 0.717) is 0 Å². The number of alkyl halides is 1. The fourth-order valence-corrected chi connectivity index (χ4v) is 1.43. The van der Waals surface area contributed by atoms with Gasteiger partial charge in [-0.15, -0.1) is 0 Å². The Hall–Kier alpha value is -1.37. The fourth-order valence-electron chi connectivity index (χ4n) is 1.43. The fraction of sp³-hybridized carbons (Fsp3) is 0.778. The molecule has 1 fully saturated rings. The smallest absolute Gasteiger partial charge is 0.407 e. The van der Waals surface area contributed by atoms with Crippen LogP contribution in [-0.2, 0) is 14.3 Å². The number of halogens is 1. The van der Waals surface area contributed by atoms with E-state index in [4.69, 9.17) is 9.84 Å². The number of carbonyl (C=O) groups is 2. The first-order valence-corrected chi connectivity index (χ1v) is 4.93. The molecule has 1 rings (SSSR count). The molecule has 2 unspecified atom stereocenters. The Morgan fingerprint density at radius 2 is 2.19 bits per heavy atom. The maximum atomic E-state index is 13.3. The lowest BCUT2D eigenvalue weighted by Gasteiger charge is -2.12. The molecule has 1 amide bonds. The average molecular weight is 235 g/mol. The Balaban J connectivity index is 2.33. The number of amides is 1. The van der Waals surface area contributed by atoms with E-state index >= 15 is 0 Å². The number of esters is 1. The molecule has 0 radical (unpaired) electrons. The lowest BCUT2D eigenvalue weighted by Crippen LogP contribution is -2.29. The van der Waals surface area contributed by atoms with Crippen molar-refractivity contribution in [1.29, 1.82) is 0 Å². The molecule has 1 N–H and O–H groups in total. The van der Waals surface area contributed by atoms with Gasteiger partial charge >= 0.3 is 12.1 Å². The summed E-state index contributed by atoms with van der Waals surface area (Å²) in [6, 6.07) is 0. The van der Waals surface area contributed by atoms with E-state index in [1.54, 1.807) is 6.92 Å². The van der Waals surface area contributed by atoms with Gasteiger partial charge in [-0.2, -0.15) is 0 Å². The zero-order valence-electron chi connectivity index (χ0n) is 8.89. The van der Waals surface area contributed by atoms with Crippen LogP contribution in [0.25, 0.3) is 0 Å². The van der Waals surface area contributed by atoms with Gasteiger partial charge in [0.25, 0.3) is 0 Å². The van der Waals surface area contributed by atoms with Crippen LogP contribution in [0.3, 0.4) is 0 Å². The Labute approximate surface area is 91.9 Å². The van der Waals surface area contributed by atoms with E-state index in [1.807, 2.05) is 0 Å². The monoisotopic (exact) mass is 235 g/mol. The zero-order chi connectivity index (χ0) is 12.1. The number of hydrogen-bond acceptors (Lipinski definition) is 4. The normalized spacial score (nSPS) is 24.5. The van der Waals surface area contributed by atoms with E-state index < -0.39 is 24.3 Å². The largest absolute Gasteiger partial charge is 0.465 e. The highest BCUT2D eigenvalue weighted by molar-refractivity contribution is 5.70. The van der Waals surface area contributed by atoms with Crippen molar-refractivity contribution < 1.29 is 28.6 Å². The third-order valence-corrected chi connectivity index (χ3v) is 2.19. The average Bonchev–Trinajstić information content (AvgIpc) is 2.58. The van der Waals surface area contributed by atoms with Crippen molar-refractivity contribution in [1.82, 2.24) is 4.90 Å². The third-order valence-electron chi connectivity index (χ3n) is 2.19. The van der Waals surface area contributed by atoms with Gasteiger partial charge < -0.3 is 19.5 Å². The van der Waals surface area contributed by atoms with E-state index in [9.17, 15) is 14.0 Å². The summed E-state index contributed by atoms with van der Waals surface area (Å²) in [4.78, 5) is 22.4. The summed E-state index contributed by atoms with van der Waals surface area (Å²) in [6.07, 6.45) is -3.48. The first-order chi connectivity index (χ1) is 7.54. The van der Waals surface area contributed by atoms with Crippen LogP contribution in [-0.4, -0.2) is 60.6 Å². The van der Waals surface area contributed by atoms with Crippen molar-refractivity contribution in [2.24, 2.45) is 0 Å². The summed E-state index contributed by atoms with van der Waals surface area (Å²) in [5.74, 6) is -0.580. The van der Waals surface area contributed by atoms with Crippen LogP contribution in [0, 0.1) is 0 Å². The summed E-state index contributed by atoms with van der Waals surface area (Å²) in [7, 11) is 0. The summed E-state index contributed by atoms with van der Waals surface area (Å²) in [5, 5.41) is 8.62. The molecule has 92 valence electrons. The molecule has 1 heterocycles. The molecule has 0 bridgehead atoms. The van der Waals surface area contributed by atoms with Crippen molar-refractivity contribution in [2.75, 3.05) is 26.3 Å². The van der Waals surface area contributed by atoms with Crippen molar-refractivity contribution in [3.63, 3.8) is 0 Å². The number of likely N-dealkylation sites (tertiary alicyclic amines) is 1. The molecule has 0 aromatic rings. The summed E-state index contributed by atoms with van der Waals surface area (Å²) >= 11 is 0. The highest BCUT2D eigenvalue weighted by Gasteiger charge is 2.36. The number of nitrogens with zero attached hydrogens (tertiary/aromatic N) is 1. The molecule has 0 spiro atoms. The van der Waals surface area contributed by atoms with Gasteiger partial charge in [-0.1, -0.05) is 0 Å². The second-order valence-corrected chi connectivity index (χ2v) is 3.36. The van der Waals surface area contributed by atoms with E-state index in [0.717, 1.165) is 4.90 Å². The number of carbonyl (C=O) groups excluding carboxylic acids is 1. The molecule has 0 saturated carbocycles. The minimum absolute atomic E-state index is 0.0596. The quantitative estimate of drug-likeness (QED) is 0.707. The predicted octanol–water partition coefficient (Wildman–Crippen LogP) is 0.266. The minimum atomic E-state index is -1.40. The highest BCUT2D eigenvalue weighted by Crippen LogP contribution is 2.16. The van der Waals surface area contributed by atoms with Crippen LogP contribution >= 0.6 is 0 Å². The lowest BCUT2D eigenvalue weighted by molar-refractivity contribution is -0.151. The molecule has 0 aromatic heterocycles. The maximum Gasteiger partial charge on any atom is 0.407 e. The van der Waals surface area contributed by atoms with E-state index in [-0.39, 0.29) is 26.3 Å². The predicted molar refractivity (Wildman–Crippen MR) is 50.9 cm³/mol. The number of ether oxygens (including phenoxy) is 2. The van der Waals surface area contributed by atoms with Crippen LogP contribution < -0.4 is 0 Å². The van der Waals surface area contributed by atoms with Gasteiger partial charge in [-0.05, 0) is 6.92 Å². The topological polar surface area (TPSA) is 76.1 Å². The van der Waals surface area contributed by atoms with Gasteiger partial charge in [0.05, 0.1) is 19.7 Å². The molecule has 16 heavy (non-hydrogen) atoms. The zero-order valence-corrected chi connectivity index (χ0v) is 8.89. The van der Waals surface area contributed by atoms with Crippen molar-refractivity contribution in [3.8, 4) is 0 Å². The van der Waals surface area contributed by atoms with Crippen LogP contribution in [0.5, 0.6) is 0 Å². The highest BCUT2D eigenvalue weighted by atomic mass is 19.1. The molecule has 6 nitrogen and oxygen atoms in total. The van der Waals surface area contributed by atoms with Crippen LogP contribution in [0.1, 0.15) is 6.92 Å². The molecule has 2 atom stereocenters. The van der Waals surface area contributed by atoms with Crippen LogP contribution in [0.4, 0.5) is 9.18 Å². The second-order valence-electron chi connectivity index (χ2n) is 3.36. The van der Waals surface area contributed by atoms with E-state index in [1.165, 1.54) is 0 Å². The summed E-state index contributed by atoms with van der Waals surface area (Å²) in [5.41, 5.74) is 0. The van der Waals surface area contributed by atoms with Gasteiger partial charge in [0.1, 0.15) is 18.9 Å².